The molecule has 0 heterocycles. The summed E-state index contributed by atoms with van der Waals surface area (Å²) >= 11 is 0. The van der Waals surface area contributed by atoms with Gasteiger partial charge in [-0.15, -0.1) is 0 Å². The number of benzene rings is 1. The Balaban J connectivity index is 0.00000169. The van der Waals surface area contributed by atoms with E-state index in [9.17, 15) is 4.79 Å². The summed E-state index contributed by atoms with van der Waals surface area (Å²) in [5.74, 6) is -0.200. The minimum absolute atomic E-state index is 0. The molecule has 1 aromatic carbocycles. The molecule has 0 saturated carbocycles. The van der Waals surface area contributed by atoms with E-state index in [1.165, 1.54) is 24.3 Å². The SMILES string of the molecule is CCCOC(=O)c1ccc(O)cc1.[Na]. The molecule has 0 bridgehead atoms. The molecule has 4 heteroatoms. The van der Waals surface area contributed by atoms with E-state index in [1.54, 1.807) is 0 Å². The third kappa shape index (κ3) is 4.13. The summed E-state index contributed by atoms with van der Waals surface area (Å²) in [6.45, 7) is 2.36. The molecule has 0 aliphatic rings. The molecule has 0 saturated heterocycles. The molecular weight excluding hydrogens is 191 g/mol. The van der Waals surface area contributed by atoms with E-state index >= 15 is 0 Å². The van der Waals surface area contributed by atoms with Gasteiger partial charge in [-0.1, -0.05) is 6.92 Å². The molecule has 1 aromatic rings. The first-order valence-corrected chi connectivity index (χ1v) is 4.20. The largest absolute Gasteiger partial charge is 0.508 e. The quantitative estimate of drug-likeness (QED) is 0.599. The van der Waals surface area contributed by atoms with Crippen LogP contribution < -0.4 is 0 Å². The van der Waals surface area contributed by atoms with Crippen LogP contribution in [0.2, 0.25) is 0 Å². The van der Waals surface area contributed by atoms with E-state index in [0.717, 1.165) is 6.42 Å². The normalized spacial score (nSPS) is 8.93. The Kier molecular flexibility index (Phi) is 6.62. The van der Waals surface area contributed by atoms with Crippen LogP contribution in [-0.4, -0.2) is 47.2 Å². The Hall–Kier alpha value is -0.510. The van der Waals surface area contributed by atoms with Crippen molar-refractivity contribution < 1.29 is 14.6 Å². The molecule has 0 aliphatic heterocycles. The Morgan fingerprint density at radius 3 is 2.43 bits per heavy atom. The van der Waals surface area contributed by atoms with Crippen LogP contribution in [-0.2, 0) is 4.74 Å². The van der Waals surface area contributed by atoms with Crippen molar-refractivity contribution >= 4 is 35.5 Å². The van der Waals surface area contributed by atoms with Crippen molar-refractivity contribution in [3.05, 3.63) is 29.8 Å². The Labute approximate surface area is 105 Å². The first-order valence-electron chi connectivity index (χ1n) is 4.20. The number of hydrogen-bond donors (Lipinski definition) is 1. The molecule has 0 spiro atoms. The van der Waals surface area contributed by atoms with E-state index in [0.29, 0.717) is 12.2 Å². The third-order valence-corrected chi connectivity index (χ3v) is 1.54. The number of carbonyl (C=O) groups excluding carboxylic acids is 1. The van der Waals surface area contributed by atoms with Crippen LogP contribution in [0.3, 0.4) is 0 Å². The fourth-order valence-corrected chi connectivity index (χ4v) is 0.876. The van der Waals surface area contributed by atoms with Crippen molar-refractivity contribution in [2.75, 3.05) is 6.61 Å². The maximum Gasteiger partial charge on any atom is 0.338 e. The molecule has 1 rings (SSSR count). The molecule has 3 nitrogen and oxygen atoms in total. The first-order chi connectivity index (χ1) is 6.24. The summed E-state index contributed by atoms with van der Waals surface area (Å²) in [5, 5.41) is 8.96. The van der Waals surface area contributed by atoms with Crippen LogP contribution >= 0.6 is 0 Å². The predicted octanol–water partition coefficient (Wildman–Crippen LogP) is 1.58. The number of phenols is 1. The van der Waals surface area contributed by atoms with Crippen LogP contribution in [0.25, 0.3) is 0 Å². The number of esters is 1. The van der Waals surface area contributed by atoms with Gasteiger partial charge < -0.3 is 9.84 Å². The Morgan fingerprint density at radius 2 is 1.93 bits per heavy atom. The van der Waals surface area contributed by atoms with E-state index in [4.69, 9.17) is 9.84 Å². The number of phenolic OH excluding ortho intramolecular Hbond substituents is 1. The second-order valence-electron chi connectivity index (χ2n) is 2.68. The zero-order chi connectivity index (χ0) is 9.68. The van der Waals surface area contributed by atoms with Crippen molar-refractivity contribution in [3.8, 4) is 5.75 Å². The summed E-state index contributed by atoms with van der Waals surface area (Å²) < 4.78 is 4.90. The monoisotopic (exact) mass is 203 g/mol. The maximum atomic E-state index is 11.2. The van der Waals surface area contributed by atoms with Crippen molar-refractivity contribution in [2.45, 2.75) is 13.3 Å². The maximum absolute atomic E-state index is 11.2. The van der Waals surface area contributed by atoms with Crippen molar-refractivity contribution in [3.63, 3.8) is 0 Å². The summed E-state index contributed by atoms with van der Waals surface area (Å²) in [6.07, 6.45) is 0.809. The minimum atomic E-state index is -0.346. The number of aromatic hydroxyl groups is 1. The Morgan fingerprint density at radius 1 is 1.36 bits per heavy atom. The molecule has 1 N–H and O–H groups in total. The van der Waals surface area contributed by atoms with Gasteiger partial charge in [-0.25, -0.2) is 4.79 Å². The smallest absolute Gasteiger partial charge is 0.338 e. The van der Waals surface area contributed by atoms with Crippen LogP contribution in [0.4, 0.5) is 0 Å². The van der Waals surface area contributed by atoms with Gasteiger partial charge in [-0.2, -0.15) is 0 Å². The van der Waals surface area contributed by atoms with Gasteiger partial charge in [0.15, 0.2) is 0 Å². The van der Waals surface area contributed by atoms with Gasteiger partial charge in [0.05, 0.1) is 12.2 Å². The molecule has 1 radical (unpaired) electrons. The summed E-state index contributed by atoms with van der Waals surface area (Å²) in [7, 11) is 0. The van der Waals surface area contributed by atoms with Crippen molar-refractivity contribution in [1.29, 1.82) is 0 Å². The fraction of sp³-hybridized carbons (Fsp3) is 0.300. The van der Waals surface area contributed by atoms with E-state index < -0.39 is 0 Å². The zero-order valence-electron chi connectivity index (χ0n) is 8.49. The van der Waals surface area contributed by atoms with Gasteiger partial charge >= 0.3 is 5.97 Å². The molecule has 0 unspecified atom stereocenters. The number of ether oxygens (including phenoxy) is 1. The van der Waals surface area contributed by atoms with E-state index in [2.05, 4.69) is 0 Å². The number of rotatable bonds is 3. The Bertz CT molecular complexity index is 282. The van der Waals surface area contributed by atoms with Crippen LogP contribution in [0.1, 0.15) is 23.7 Å². The average Bonchev–Trinajstić information content (AvgIpc) is 2.15. The third-order valence-electron chi connectivity index (χ3n) is 1.54. The molecule has 0 fully saturated rings. The van der Waals surface area contributed by atoms with Crippen molar-refractivity contribution in [1.82, 2.24) is 0 Å². The molecule has 14 heavy (non-hydrogen) atoms. The number of hydrogen-bond acceptors (Lipinski definition) is 3. The summed E-state index contributed by atoms with van der Waals surface area (Å²) in [4.78, 5) is 11.2. The van der Waals surface area contributed by atoms with Gasteiger partial charge in [0, 0.05) is 29.6 Å². The van der Waals surface area contributed by atoms with Gasteiger partial charge in [-0.3, -0.25) is 0 Å². The molecule has 0 atom stereocenters. The standard InChI is InChI=1S/C10H12O3.Na/c1-2-7-13-10(12)8-3-5-9(11)6-4-8;/h3-6,11H,2,7H2,1H3;. The van der Waals surface area contributed by atoms with Crippen molar-refractivity contribution in [2.24, 2.45) is 0 Å². The summed E-state index contributed by atoms with van der Waals surface area (Å²) in [5.41, 5.74) is 0.464. The topological polar surface area (TPSA) is 46.5 Å². The molecule has 71 valence electrons. The molecular formula is C10H12NaO3. The molecule has 0 aromatic heterocycles. The molecule has 0 amide bonds. The van der Waals surface area contributed by atoms with E-state index in [-0.39, 0.29) is 41.3 Å². The number of carbonyl (C=O) groups is 1. The second-order valence-corrected chi connectivity index (χ2v) is 2.68. The van der Waals surface area contributed by atoms with Crippen LogP contribution in [0.5, 0.6) is 5.75 Å². The van der Waals surface area contributed by atoms with Crippen LogP contribution in [0, 0.1) is 0 Å². The zero-order valence-corrected chi connectivity index (χ0v) is 10.5. The van der Waals surface area contributed by atoms with Gasteiger partial charge in [0.25, 0.3) is 0 Å². The second kappa shape index (κ2) is 6.87. The average molecular weight is 203 g/mol. The molecule has 0 aliphatic carbocycles. The summed E-state index contributed by atoms with van der Waals surface area (Å²) in [6, 6.07) is 5.99. The first kappa shape index (κ1) is 13.5. The minimum Gasteiger partial charge on any atom is -0.508 e. The fourth-order valence-electron chi connectivity index (χ4n) is 0.876. The predicted molar refractivity (Wildman–Crippen MR) is 54.4 cm³/mol. The van der Waals surface area contributed by atoms with E-state index in [1.807, 2.05) is 6.92 Å². The van der Waals surface area contributed by atoms with Gasteiger partial charge in [-0.05, 0) is 30.7 Å². The van der Waals surface area contributed by atoms with Gasteiger partial charge in [0.2, 0.25) is 0 Å². The van der Waals surface area contributed by atoms with Gasteiger partial charge in [0.1, 0.15) is 5.75 Å². The van der Waals surface area contributed by atoms with Crippen LogP contribution in [0.15, 0.2) is 24.3 Å².